The van der Waals surface area contributed by atoms with Gasteiger partial charge >= 0.3 is 6.03 Å². The molecule has 2 amide bonds. The van der Waals surface area contributed by atoms with Crippen LogP contribution in [0.5, 0.6) is 11.5 Å². The maximum absolute atomic E-state index is 12.1. The van der Waals surface area contributed by atoms with E-state index in [0.717, 1.165) is 30.2 Å². The monoisotopic (exact) mass is 394 g/mol. The number of methoxy groups -OCH3 is 1. The fourth-order valence-electron chi connectivity index (χ4n) is 3.23. The van der Waals surface area contributed by atoms with Crippen LogP contribution in [0, 0.1) is 0 Å². The third-order valence-corrected chi connectivity index (χ3v) is 4.69. The van der Waals surface area contributed by atoms with Crippen LogP contribution in [0.25, 0.3) is 0 Å². The lowest BCUT2D eigenvalue weighted by atomic mass is 10.1. The number of aliphatic hydroxyl groups excluding tert-OH is 1. The summed E-state index contributed by atoms with van der Waals surface area (Å²) in [7, 11) is 9.04. The van der Waals surface area contributed by atoms with Crippen molar-refractivity contribution in [2.45, 2.75) is 12.6 Å². The van der Waals surface area contributed by atoms with E-state index in [9.17, 15) is 9.90 Å². The van der Waals surface area contributed by atoms with Gasteiger partial charge in [-0.15, -0.1) is 0 Å². The van der Waals surface area contributed by atoms with Crippen molar-refractivity contribution in [2.24, 2.45) is 0 Å². The van der Waals surface area contributed by atoms with Crippen molar-refractivity contribution >= 4 is 6.03 Å². The highest BCUT2D eigenvalue weighted by atomic mass is 16.5. The van der Waals surface area contributed by atoms with E-state index >= 15 is 0 Å². The summed E-state index contributed by atoms with van der Waals surface area (Å²) in [4.78, 5) is 19.8. The van der Waals surface area contributed by atoms with Crippen molar-refractivity contribution in [1.82, 2.24) is 19.6 Å². The van der Waals surface area contributed by atoms with Crippen molar-refractivity contribution < 1.29 is 19.4 Å². The first-order valence-corrected chi connectivity index (χ1v) is 9.61. The molecule has 1 unspecified atom stereocenters. The van der Waals surface area contributed by atoms with Crippen LogP contribution >= 0.6 is 0 Å². The van der Waals surface area contributed by atoms with Crippen molar-refractivity contribution in [3.05, 3.63) is 23.8 Å². The molecule has 158 valence electrons. The predicted octanol–water partition coefficient (Wildman–Crippen LogP) is 0.796. The van der Waals surface area contributed by atoms with Crippen LogP contribution in [0.1, 0.15) is 5.56 Å². The minimum atomic E-state index is -0.550. The number of urea groups is 1. The Hall–Kier alpha value is -2.03. The standard InChI is InChI=1S/C20H34N4O4/c1-21(2)14-17(25)15-28-19-7-6-18(27-5)12-16(19)13-23-8-10-24(11-9-23)20(26)22(3)4/h6-7,12,17,25H,8-11,13-15H2,1-5H3. The second-order valence-electron chi connectivity index (χ2n) is 7.64. The highest BCUT2D eigenvalue weighted by Crippen LogP contribution is 2.26. The van der Waals surface area contributed by atoms with Gasteiger partial charge in [0.1, 0.15) is 24.2 Å². The van der Waals surface area contributed by atoms with Gasteiger partial charge in [-0.25, -0.2) is 4.79 Å². The number of carbonyl (C=O) groups is 1. The minimum Gasteiger partial charge on any atom is -0.497 e. The summed E-state index contributed by atoms with van der Waals surface area (Å²) in [6.45, 7) is 4.52. The quantitative estimate of drug-likeness (QED) is 0.703. The van der Waals surface area contributed by atoms with Crippen LogP contribution in [-0.4, -0.2) is 111 Å². The number of nitrogens with zero attached hydrogens (tertiary/aromatic N) is 4. The number of amides is 2. The Balaban J connectivity index is 1.98. The topological polar surface area (TPSA) is 68.7 Å². The molecule has 1 aromatic rings. The van der Waals surface area contributed by atoms with E-state index in [1.807, 2.05) is 42.1 Å². The first-order valence-electron chi connectivity index (χ1n) is 9.61. The van der Waals surface area contributed by atoms with Crippen LogP contribution in [0.2, 0.25) is 0 Å². The second kappa shape index (κ2) is 10.5. The highest BCUT2D eigenvalue weighted by molar-refractivity contribution is 5.73. The number of hydrogen-bond acceptors (Lipinski definition) is 6. The Labute approximate surface area is 168 Å². The van der Waals surface area contributed by atoms with E-state index in [4.69, 9.17) is 9.47 Å². The van der Waals surface area contributed by atoms with Crippen molar-refractivity contribution in [3.8, 4) is 11.5 Å². The first-order chi connectivity index (χ1) is 13.3. The lowest BCUT2D eigenvalue weighted by Crippen LogP contribution is -2.51. The molecule has 1 aliphatic heterocycles. The molecule has 0 aromatic heterocycles. The molecular formula is C20H34N4O4. The van der Waals surface area contributed by atoms with E-state index in [0.29, 0.717) is 26.2 Å². The molecule has 28 heavy (non-hydrogen) atoms. The first kappa shape index (κ1) is 22.3. The molecule has 2 rings (SSSR count). The number of benzene rings is 1. The summed E-state index contributed by atoms with van der Waals surface area (Å²) in [5.74, 6) is 1.53. The molecule has 1 atom stereocenters. The molecule has 1 fully saturated rings. The number of rotatable bonds is 8. The molecule has 1 heterocycles. The summed E-state index contributed by atoms with van der Waals surface area (Å²) in [5.41, 5.74) is 1.02. The zero-order valence-electron chi connectivity index (χ0n) is 17.7. The van der Waals surface area contributed by atoms with E-state index in [-0.39, 0.29) is 12.6 Å². The van der Waals surface area contributed by atoms with Crippen LogP contribution < -0.4 is 9.47 Å². The zero-order valence-corrected chi connectivity index (χ0v) is 17.7. The molecule has 0 radical (unpaired) electrons. The van der Waals surface area contributed by atoms with E-state index in [1.165, 1.54) is 0 Å². The fraction of sp³-hybridized carbons (Fsp3) is 0.650. The zero-order chi connectivity index (χ0) is 20.7. The average molecular weight is 395 g/mol. The number of aliphatic hydroxyl groups is 1. The van der Waals surface area contributed by atoms with Gasteiger partial charge in [0, 0.05) is 58.9 Å². The maximum Gasteiger partial charge on any atom is 0.319 e. The van der Waals surface area contributed by atoms with Crippen LogP contribution in [0.4, 0.5) is 4.79 Å². The Morgan fingerprint density at radius 2 is 1.86 bits per heavy atom. The molecule has 0 saturated carbocycles. The van der Waals surface area contributed by atoms with Gasteiger partial charge < -0.3 is 29.3 Å². The Morgan fingerprint density at radius 3 is 2.43 bits per heavy atom. The van der Waals surface area contributed by atoms with Crippen molar-refractivity contribution in [1.29, 1.82) is 0 Å². The third kappa shape index (κ3) is 6.54. The molecule has 0 aliphatic carbocycles. The second-order valence-corrected chi connectivity index (χ2v) is 7.64. The Bertz CT molecular complexity index is 631. The molecule has 8 heteroatoms. The number of hydrogen-bond donors (Lipinski definition) is 1. The number of piperazine rings is 1. The van der Waals surface area contributed by atoms with Gasteiger partial charge in [0.2, 0.25) is 0 Å². The largest absolute Gasteiger partial charge is 0.497 e. The third-order valence-electron chi connectivity index (χ3n) is 4.69. The van der Waals surface area contributed by atoms with Gasteiger partial charge in [0.25, 0.3) is 0 Å². The van der Waals surface area contributed by atoms with E-state index < -0.39 is 6.10 Å². The fourth-order valence-corrected chi connectivity index (χ4v) is 3.23. The Kier molecular flexibility index (Phi) is 8.35. The molecule has 0 spiro atoms. The molecule has 1 N–H and O–H groups in total. The normalized spacial score (nSPS) is 16.2. The Morgan fingerprint density at radius 1 is 1.18 bits per heavy atom. The maximum atomic E-state index is 12.1. The minimum absolute atomic E-state index is 0.0555. The summed E-state index contributed by atoms with van der Waals surface area (Å²) in [6.07, 6.45) is -0.550. The number of ether oxygens (including phenoxy) is 2. The van der Waals surface area contributed by atoms with Crippen LogP contribution in [-0.2, 0) is 6.54 Å². The van der Waals surface area contributed by atoms with Crippen molar-refractivity contribution in [3.63, 3.8) is 0 Å². The molecule has 8 nitrogen and oxygen atoms in total. The number of likely N-dealkylation sites (N-methyl/N-ethyl adjacent to an activating group) is 1. The highest BCUT2D eigenvalue weighted by Gasteiger charge is 2.23. The van der Waals surface area contributed by atoms with Crippen molar-refractivity contribution in [2.75, 3.05) is 74.6 Å². The van der Waals surface area contributed by atoms with Crippen LogP contribution in [0.15, 0.2) is 18.2 Å². The van der Waals surface area contributed by atoms with Gasteiger partial charge in [0.15, 0.2) is 0 Å². The van der Waals surface area contributed by atoms with Gasteiger partial charge in [-0.3, -0.25) is 4.90 Å². The number of carbonyl (C=O) groups excluding carboxylic acids is 1. The summed E-state index contributed by atoms with van der Waals surface area (Å²) >= 11 is 0. The molecule has 1 aliphatic rings. The summed E-state index contributed by atoms with van der Waals surface area (Å²) in [5, 5.41) is 10.1. The van der Waals surface area contributed by atoms with Gasteiger partial charge in [-0.1, -0.05) is 0 Å². The summed E-state index contributed by atoms with van der Waals surface area (Å²) < 4.78 is 11.3. The summed E-state index contributed by atoms with van der Waals surface area (Å²) in [6, 6.07) is 5.79. The van der Waals surface area contributed by atoms with E-state index in [1.54, 1.807) is 26.1 Å². The molecule has 0 bridgehead atoms. The van der Waals surface area contributed by atoms with E-state index in [2.05, 4.69) is 4.90 Å². The predicted molar refractivity (Wildman–Crippen MR) is 109 cm³/mol. The van der Waals surface area contributed by atoms with Gasteiger partial charge in [0.05, 0.1) is 7.11 Å². The lowest BCUT2D eigenvalue weighted by molar-refractivity contribution is 0.0816. The van der Waals surface area contributed by atoms with Gasteiger partial charge in [-0.2, -0.15) is 0 Å². The molecule has 1 saturated heterocycles. The lowest BCUT2D eigenvalue weighted by Gasteiger charge is -2.36. The smallest absolute Gasteiger partial charge is 0.319 e. The molecule has 1 aromatic carbocycles. The van der Waals surface area contributed by atoms with Gasteiger partial charge in [-0.05, 0) is 32.3 Å². The molecular weight excluding hydrogens is 360 g/mol. The van der Waals surface area contributed by atoms with Crippen LogP contribution in [0.3, 0.4) is 0 Å². The average Bonchev–Trinajstić information content (AvgIpc) is 2.66. The SMILES string of the molecule is COc1ccc(OCC(O)CN(C)C)c(CN2CCN(C(=O)N(C)C)CC2)c1.